The monoisotopic (exact) mass is 356 g/mol. The zero-order valence-electron chi connectivity index (χ0n) is 14.1. The summed E-state index contributed by atoms with van der Waals surface area (Å²) in [6.45, 7) is 0.509. The number of nitrogens with two attached hydrogens (primary N) is 1. The highest BCUT2D eigenvalue weighted by Gasteiger charge is 2.34. The second-order valence-electron chi connectivity index (χ2n) is 5.93. The molecule has 1 fully saturated rings. The fraction of sp³-hybridized carbons (Fsp3) is 0.333. The first-order valence-corrected chi connectivity index (χ1v) is 8.06. The second-order valence-corrected chi connectivity index (χ2v) is 5.93. The highest BCUT2D eigenvalue weighted by atomic mass is 16.4. The summed E-state index contributed by atoms with van der Waals surface area (Å²) in [6.07, 6.45) is 6.88. The molecule has 8 heteroatoms. The average molecular weight is 356 g/mol. The van der Waals surface area contributed by atoms with Crippen molar-refractivity contribution in [2.75, 3.05) is 11.4 Å². The highest BCUT2D eigenvalue weighted by Crippen LogP contribution is 2.27. The van der Waals surface area contributed by atoms with Crippen molar-refractivity contribution in [3.8, 4) is 12.3 Å². The Kier molecular flexibility index (Phi) is 6.33. The van der Waals surface area contributed by atoms with E-state index >= 15 is 0 Å². The van der Waals surface area contributed by atoms with Gasteiger partial charge >= 0.3 is 5.97 Å². The van der Waals surface area contributed by atoms with Gasteiger partial charge < -0.3 is 21.2 Å². The molecule has 136 valence electrons. The zero-order chi connectivity index (χ0) is 19.1. The Morgan fingerprint density at radius 3 is 2.73 bits per heavy atom. The van der Waals surface area contributed by atoms with E-state index in [1.165, 1.54) is 6.21 Å². The third-order valence-corrected chi connectivity index (χ3v) is 4.09. The van der Waals surface area contributed by atoms with E-state index in [1.54, 1.807) is 29.2 Å². The Labute approximate surface area is 151 Å². The first kappa shape index (κ1) is 19.0. The molecule has 1 aliphatic rings. The van der Waals surface area contributed by atoms with E-state index < -0.39 is 23.8 Å². The third kappa shape index (κ3) is 4.83. The lowest BCUT2D eigenvalue weighted by molar-refractivity contribution is -0.137. The number of hydrogen-bond donors (Lipinski definition) is 3. The van der Waals surface area contributed by atoms with Crippen LogP contribution < -0.4 is 16.1 Å². The molecule has 1 aliphatic heterocycles. The standard InChI is InChI=1S/C18H20N4O4/c1-2-14(10-17(24)25)21-16(23)9-13-7-8-22(18(13)26)15-5-3-12(4-6-15)11-20-19/h1,3-6,11,13-14H,7-10,19H2,(H,21,23)(H,24,25)/t13?,14-/m1/s1. The molecule has 0 bridgehead atoms. The van der Waals surface area contributed by atoms with Gasteiger partial charge in [0.15, 0.2) is 0 Å². The lowest BCUT2D eigenvalue weighted by atomic mass is 10.0. The molecule has 2 atom stereocenters. The van der Waals surface area contributed by atoms with Gasteiger partial charge in [-0.15, -0.1) is 6.42 Å². The number of nitrogens with one attached hydrogen (secondary N) is 1. The molecule has 1 aromatic carbocycles. The molecule has 1 unspecified atom stereocenters. The van der Waals surface area contributed by atoms with Gasteiger partial charge in [-0.1, -0.05) is 18.1 Å². The summed E-state index contributed by atoms with van der Waals surface area (Å²) >= 11 is 0. The Morgan fingerprint density at radius 1 is 1.46 bits per heavy atom. The van der Waals surface area contributed by atoms with E-state index in [2.05, 4.69) is 16.3 Å². The normalized spacial score (nSPS) is 17.9. The molecule has 26 heavy (non-hydrogen) atoms. The maximum atomic E-state index is 12.6. The lowest BCUT2D eigenvalue weighted by Gasteiger charge is -2.17. The average Bonchev–Trinajstić information content (AvgIpc) is 2.95. The van der Waals surface area contributed by atoms with Crippen LogP contribution in [0.15, 0.2) is 29.4 Å². The van der Waals surface area contributed by atoms with Crippen LogP contribution >= 0.6 is 0 Å². The van der Waals surface area contributed by atoms with Gasteiger partial charge in [-0.25, -0.2) is 0 Å². The van der Waals surface area contributed by atoms with Gasteiger partial charge in [-0.05, 0) is 24.1 Å². The van der Waals surface area contributed by atoms with E-state index in [1.807, 2.05) is 0 Å². The Balaban J connectivity index is 1.95. The van der Waals surface area contributed by atoms with Gasteiger partial charge in [0.1, 0.15) is 6.04 Å². The number of carboxylic acid groups (broad SMARTS) is 1. The third-order valence-electron chi connectivity index (χ3n) is 4.09. The van der Waals surface area contributed by atoms with Crippen LogP contribution in [0.3, 0.4) is 0 Å². The molecule has 2 rings (SSSR count). The molecule has 0 aromatic heterocycles. The molecule has 8 nitrogen and oxygen atoms in total. The summed E-state index contributed by atoms with van der Waals surface area (Å²) in [4.78, 5) is 36.9. The number of anilines is 1. The number of hydrazone groups is 1. The molecule has 1 saturated heterocycles. The van der Waals surface area contributed by atoms with Crippen LogP contribution in [-0.2, 0) is 14.4 Å². The number of hydrogen-bond acceptors (Lipinski definition) is 5. The minimum Gasteiger partial charge on any atom is -0.481 e. The van der Waals surface area contributed by atoms with Gasteiger partial charge in [0, 0.05) is 24.6 Å². The summed E-state index contributed by atoms with van der Waals surface area (Å²) < 4.78 is 0. The molecule has 0 radical (unpaired) electrons. The van der Waals surface area contributed by atoms with Crippen LogP contribution in [0.25, 0.3) is 0 Å². The summed E-state index contributed by atoms with van der Waals surface area (Å²) in [6, 6.07) is 6.28. The first-order valence-electron chi connectivity index (χ1n) is 8.06. The maximum Gasteiger partial charge on any atom is 0.306 e. The van der Waals surface area contributed by atoms with Crippen LogP contribution in [0.4, 0.5) is 5.69 Å². The Morgan fingerprint density at radius 2 is 2.15 bits per heavy atom. The van der Waals surface area contributed by atoms with Crippen LogP contribution in [0.5, 0.6) is 0 Å². The molecule has 0 saturated carbocycles. The topological polar surface area (TPSA) is 125 Å². The Hall–Kier alpha value is -3.34. The molecule has 2 amide bonds. The van der Waals surface area contributed by atoms with Gasteiger partial charge in [-0.3, -0.25) is 14.4 Å². The number of carbonyl (C=O) groups excluding carboxylic acids is 2. The first-order chi connectivity index (χ1) is 12.4. The number of terminal acetylenes is 1. The van der Waals surface area contributed by atoms with Gasteiger partial charge in [0.2, 0.25) is 11.8 Å². The number of carboxylic acids is 1. The van der Waals surface area contributed by atoms with Crippen LogP contribution in [0.1, 0.15) is 24.8 Å². The molecule has 4 N–H and O–H groups in total. The fourth-order valence-corrected chi connectivity index (χ4v) is 2.81. The van der Waals surface area contributed by atoms with Gasteiger partial charge in [0.25, 0.3) is 0 Å². The van der Waals surface area contributed by atoms with Crippen molar-refractivity contribution in [2.45, 2.75) is 25.3 Å². The number of aliphatic carboxylic acids is 1. The predicted molar refractivity (Wildman–Crippen MR) is 96.3 cm³/mol. The molecule has 0 aliphatic carbocycles. The number of rotatable bonds is 7. The van der Waals surface area contributed by atoms with Crippen LogP contribution in [-0.4, -0.2) is 41.7 Å². The van der Waals surface area contributed by atoms with E-state index in [4.69, 9.17) is 17.4 Å². The van der Waals surface area contributed by atoms with Crippen molar-refractivity contribution in [1.29, 1.82) is 0 Å². The highest BCUT2D eigenvalue weighted by molar-refractivity contribution is 5.99. The van der Waals surface area contributed by atoms with Gasteiger partial charge in [-0.2, -0.15) is 5.10 Å². The van der Waals surface area contributed by atoms with Crippen molar-refractivity contribution in [2.24, 2.45) is 16.9 Å². The molecule has 0 spiro atoms. The van der Waals surface area contributed by atoms with Crippen molar-refractivity contribution in [3.63, 3.8) is 0 Å². The van der Waals surface area contributed by atoms with Gasteiger partial charge in [0.05, 0.1) is 12.6 Å². The zero-order valence-corrected chi connectivity index (χ0v) is 14.1. The predicted octanol–water partition coefficient (Wildman–Crippen LogP) is 0.315. The maximum absolute atomic E-state index is 12.6. The van der Waals surface area contributed by atoms with Crippen molar-refractivity contribution in [1.82, 2.24) is 5.32 Å². The van der Waals surface area contributed by atoms with E-state index in [-0.39, 0.29) is 18.7 Å². The van der Waals surface area contributed by atoms with E-state index in [0.717, 1.165) is 11.3 Å². The Bertz CT molecular complexity index is 751. The smallest absolute Gasteiger partial charge is 0.306 e. The van der Waals surface area contributed by atoms with Crippen molar-refractivity contribution in [3.05, 3.63) is 29.8 Å². The summed E-state index contributed by atoms with van der Waals surface area (Å²) in [5.41, 5.74) is 1.55. The number of nitrogens with zero attached hydrogens (tertiary/aromatic N) is 2. The quantitative estimate of drug-likeness (QED) is 0.281. The number of amides is 2. The van der Waals surface area contributed by atoms with Crippen molar-refractivity contribution < 1.29 is 19.5 Å². The minimum atomic E-state index is -1.10. The van der Waals surface area contributed by atoms with Crippen LogP contribution in [0.2, 0.25) is 0 Å². The molecular formula is C18H20N4O4. The second kappa shape index (κ2) is 8.67. The molecular weight excluding hydrogens is 336 g/mol. The molecule has 1 aromatic rings. The summed E-state index contributed by atoms with van der Waals surface area (Å²) in [5.74, 6) is 5.20. The molecule has 1 heterocycles. The summed E-state index contributed by atoms with van der Waals surface area (Å²) in [7, 11) is 0. The van der Waals surface area contributed by atoms with E-state index in [9.17, 15) is 14.4 Å². The fourth-order valence-electron chi connectivity index (χ4n) is 2.81. The SMILES string of the molecule is C#C[C@H](CC(=O)O)NC(=O)CC1CCN(c2ccc(C=NN)cc2)C1=O. The lowest BCUT2D eigenvalue weighted by Crippen LogP contribution is -2.37. The largest absolute Gasteiger partial charge is 0.481 e. The van der Waals surface area contributed by atoms with Crippen LogP contribution in [0, 0.1) is 18.3 Å². The number of benzene rings is 1. The van der Waals surface area contributed by atoms with Crippen molar-refractivity contribution >= 4 is 29.7 Å². The minimum absolute atomic E-state index is 0.0228. The summed E-state index contributed by atoms with van der Waals surface area (Å²) in [5, 5.41) is 14.7. The van der Waals surface area contributed by atoms with E-state index in [0.29, 0.717) is 13.0 Å². The number of carbonyl (C=O) groups is 3.